The van der Waals surface area contributed by atoms with E-state index in [-0.39, 0.29) is 12.6 Å². The quantitative estimate of drug-likeness (QED) is 0.624. The molecule has 7 heteroatoms. The molecule has 0 aliphatic carbocycles. The fourth-order valence-corrected chi connectivity index (χ4v) is 1.77. The van der Waals surface area contributed by atoms with E-state index in [0.29, 0.717) is 6.54 Å². The Bertz CT molecular complexity index is 378. The van der Waals surface area contributed by atoms with Gasteiger partial charge in [0.15, 0.2) is 5.60 Å². The maximum Gasteiger partial charge on any atom is 0.337 e. The molecule has 0 bridgehead atoms. The number of aliphatic hydroxyl groups is 1. The summed E-state index contributed by atoms with van der Waals surface area (Å²) in [7, 11) is 0. The molecule has 2 N–H and O–H groups in total. The Hall–Kier alpha value is -1.63. The van der Waals surface area contributed by atoms with Gasteiger partial charge in [0.05, 0.1) is 6.54 Å². The summed E-state index contributed by atoms with van der Waals surface area (Å²) < 4.78 is 0. The first kappa shape index (κ1) is 14.4. The number of carbonyl (C=O) groups is 3. The highest BCUT2D eigenvalue weighted by atomic mass is 16.4. The SMILES string of the molecule is CC(C)N1CCN(CC(C)(O)C(=O)O)C(=O)C1=O. The normalized spacial score (nSPS) is 20.3. The third kappa shape index (κ3) is 2.79. The molecule has 0 spiro atoms. The number of β-amino-alcohol motifs (C(OH)–C–C–N with tert-alkyl or cyclic N) is 1. The number of carboxylic acid groups (broad SMARTS) is 1. The highest BCUT2D eigenvalue weighted by Crippen LogP contribution is 2.13. The number of carbonyl (C=O) groups excluding carboxylic acids is 2. The van der Waals surface area contributed by atoms with Crippen LogP contribution in [0.2, 0.25) is 0 Å². The molecule has 1 aliphatic rings. The van der Waals surface area contributed by atoms with Crippen molar-refractivity contribution in [1.82, 2.24) is 9.80 Å². The summed E-state index contributed by atoms with van der Waals surface area (Å²) >= 11 is 0. The number of nitrogens with zero attached hydrogens (tertiary/aromatic N) is 2. The lowest BCUT2D eigenvalue weighted by Crippen LogP contribution is -2.60. The summed E-state index contributed by atoms with van der Waals surface area (Å²) in [6.45, 7) is 4.88. The molecule has 0 aromatic heterocycles. The number of hydrogen-bond donors (Lipinski definition) is 2. The second kappa shape index (κ2) is 4.93. The Kier molecular flexibility index (Phi) is 3.95. The maximum absolute atomic E-state index is 11.8. The molecule has 0 aromatic carbocycles. The minimum absolute atomic E-state index is 0.0800. The van der Waals surface area contributed by atoms with Crippen molar-refractivity contribution in [1.29, 1.82) is 0 Å². The zero-order chi connectivity index (χ0) is 14.1. The Balaban J connectivity index is 2.76. The van der Waals surface area contributed by atoms with Crippen LogP contribution in [-0.4, -0.2) is 69.1 Å². The topological polar surface area (TPSA) is 98.2 Å². The first-order valence-electron chi connectivity index (χ1n) is 5.72. The molecule has 1 fully saturated rings. The van der Waals surface area contributed by atoms with Gasteiger partial charge >= 0.3 is 17.8 Å². The molecular weight excluding hydrogens is 240 g/mol. The van der Waals surface area contributed by atoms with Crippen LogP contribution < -0.4 is 0 Å². The first-order valence-corrected chi connectivity index (χ1v) is 5.72. The Morgan fingerprint density at radius 1 is 1.33 bits per heavy atom. The Morgan fingerprint density at radius 3 is 2.33 bits per heavy atom. The third-order valence-corrected chi connectivity index (χ3v) is 2.92. The minimum atomic E-state index is -2.05. The van der Waals surface area contributed by atoms with Gasteiger partial charge in [0.2, 0.25) is 0 Å². The van der Waals surface area contributed by atoms with Crippen LogP contribution in [0.15, 0.2) is 0 Å². The molecule has 1 atom stereocenters. The van der Waals surface area contributed by atoms with Crippen molar-refractivity contribution in [3.63, 3.8) is 0 Å². The summed E-state index contributed by atoms with van der Waals surface area (Å²) in [5, 5.41) is 18.4. The van der Waals surface area contributed by atoms with Gasteiger partial charge < -0.3 is 20.0 Å². The van der Waals surface area contributed by atoms with Gasteiger partial charge in [0.1, 0.15) is 0 Å². The van der Waals surface area contributed by atoms with E-state index in [1.807, 2.05) is 0 Å². The van der Waals surface area contributed by atoms with Gasteiger partial charge in [0.25, 0.3) is 0 Å². The van der Waals surface area contributed by atoms with Crippen LogP contribution in [0.25, 0.3) is 0 Å². The van der Waals surface area contributed by atoms with Gasteiger partial charge in [-0.2, -0.15) is 0 Å². The molecule has 1 saturated heterocycles. The van der Waals surface area contributed by atoms with Crippen LogP contribution in [0.5, 0.6) is 0 Å². The van der Waals surface area contributed by atoms with Crippen LogP contribution in [0.3, 0.4) is 0 Å². The summed E-state index contributed by atoms with van der Waals surface area (Å²) in [5.41, 5.74) is -2.05. The molecule has 0 radical (unpaired) electrons. The number of carboxylic acids is 1. The molecule has 18 heavy (non-hydrogen) atoms. The van der Waals surface area contributed by atoms with E-state index in [9.17, 15) is 19.5 Å². The fraction of sp³-hybridized carbons (Fsp3) is 0.727. The zero-order valence-electron chi connectivity index (χ0n) is 10.7. The molecule has 2 amide bonds. The molecule has 102 valence electrons. The van der Waals surface area contributed by atoms with Crippen molar-refractivity contribution in [2.45, 2.75) is 32.4 Å². The third-order valence-electron chi connectivity index (χ3n) is 2.92. The molecule has 1 aliphatic heterocycles. The average molecular weight is 258 g/mol. The van der Waals surface area contributed by atoms with E-state index < -0.39 is 29.9 Å². The van der Waals surface area contributed by atoms with Gasteiger partial charge in [-0.3, -0.25) is 9.59 Å². The van der Waals surface area contributed by atoms with Gasteiger partial charge in [0, 0.05) is 19.1 Å². The second-order valence-electron chi connectivity index (χ2n) is 4.90. The average Bonchev–Trinajstić information content (AvgIpc) is 2.24. The summed E-state index contributed by atoms with van der Waals surface area (Å²) in [5.74, 6) is -2.84. The van der Waals surface area contributed by atoms with Crippen molar-refractivity contribution in [2.24, 2.45) is 0 Å². The molecule has 7 nitrogen and oxygen atoms in total. The minimum Gasteiger partial charge on any atom is -0.479 e. The van der Waals surface area contributed by atoms with Gasteiger partial charge in [-0.15, -0.1) is 0 Å². The summed E-state index contributed by atoms with van der Waals surface area (Å²) in [4.78, 5) is 36.8. The second-order valence-corrected chi connectivity index (χ2v) is 4.90. The number of hydrogen-bond acceptors (Lipinski definition) is 4. The predicted molar refractivity (Wildman–Crippen MR) is 61.7 cm³/mol. The van der Waals surface area contributed by atoms with E-state index >= 15 is 0 Å². The van der Waals surface area contributed by atoms with E-state index in [1.165, 1.54) is 4.90 Å². The molecule has 1 rings (SSSR count). The first-order chi connectivity index (χ1) is 8.16. The smallest absolute Gasteiger partial charge is 0.337 e. The van der Waals surface area contributed by atoms with Crippen LogP contribution in [0.4, 0.5) is 0 Å². The van der Waals surface area contributed by atoms with Crippen molar-refractivity contribution < 1.29 is 24.6 Å². The fourth-order valence-electron chi connectivity index (χ4n) is 1.77. The van der Waals surface area contributed by atoms with E-state index in [0.717, 1.165) is 11.8 Å². The predicted octanol–water partition coefficient (Wildman–Crippen LogP) is -1.10. The van der Waals surface area contributed by atoms with Crippen LogP contribution >= 0.6 is 0 Å². The Morgan fingerprint density at radius 2 is 1.89 bits per heavy atom. The number of aliphatic carboxylic acids is 1. The van der Waals surface area contributed by atoms with Crippen LogP contribution in [-0.2, 0) is 14.4 Å². The lowest BCUT2D eigenvalue weighted by Gasteiger charge is -2.37. The van der Waals surface area contributed by atoms with E-state index in [4.69, 9.17) is 5.11 Å². The van der Waals surface area contributed by atoms with Gasteiger partial charge in [-0.1, -0.05) is 0 Å². The standard InChI is InChI=1S/C11H18N2O5/c1-7(2)13-5-4-12(8(14)9(13)15)6-11(3,18)10(16)17/h7,18H,4-6H2,1-3H3,(H,16,17). The largest absolute Gasteiger partial charge is 0.479 e. The molecule has 0 saturated carbocycles. The van der Waals surface area contributed by atoms with E-state index in [1.54, 1.807) is 13.8 Å². The molecule has 0 aromatic rings. The molecule has 1 heterocycles. The van der Waals surface area contributed by atoms with E-state index in [2.05, 4.69) is 0 Å². The Labute approximate surface area is 105 Å². The number of rotatable bonds is 4. The number of amides is 2. The van der Waals surface area contributed by atoms with Gasteiger partial charge in [-0.25, -0.2) is 4.79 Å². The highest BCUT2D eigenvalue weighted by Gasteiger charge is 2.39. The lowest BCUT2D eigenvalue weighted by molar-refractivity contribution is -0.166. The van der Waals surface area contributed by atoms with Crippen molar-refractivity contribution in [3.8, 4) is 0 Å². The monoisotopic (exact) mass is 258 g/mol. The number of piperazine rings is 1. The van der Waals surface area contributed by atoms with Crippen molar-refractivity contribution >= 4 is 17.8 Å². The summed E-state index contributed by atoms with van der Waals surface area (Å²) in [6.07, 6.45) is 0. The molecule has 1 unspecified atom stereocenters. The van der Waals surface area contributed by atoms with Crippen molar-refractivity contribution in [3.05, 3.63) is 0 Å². The molecular formula is C11H18N2O5. The highest BCUT2D eigenvalue weighted by molar-refractivity contribution is 6.35. The van der Waals surface area contributed by atoms with Crippen molar-refractivity contribution in [2.75, 3.05) is 19.6 Å². The van der Waals surface area contributed by atoms with Gasteiger partial charge in [-0.05, 0) is 20.8 Å². The van der Waals surface area contributed by atoms with Crippen LogP contribution in [0.1, 0.15) is 20.8 Å². The van der Waals surface area contributed by atoms with Crippen LogP contribution in [0, 0.1) is 0 Å². The zero-order valence-corrected chi connectivity index (χ0v) is 10.7. The summed E-state index contributed by atoms with van der Waals surface area (Å²) in [6, 6.07) is -0.0800. The maximum atomic E-state index is 11.8. The lowest BCUT2D eigenvalue weighted by atomic mass is 10.1.